The quantitative estimate of drug-likeness (QED) is 0.172. The normalized spacial score (nSPS) is 11.5. The molecule has 1 N–H and O–H groups in total. The lowest BCUT2D eigenvalue weighted by Crippen LogP contribution is -2.42. The smallest absolute Gasteiger partial charge is 0.361 e. The highest BCUT2D eigenvalue weighted by molar-refractivity contribution is 7.90. The van der Waals surface area contributed by atoms with Crippen LogP contribution in [0.15, 0.2) is 70.7 Å². The molecule has 3 aromatic rings. The molecule has 2 amide bonds. The van der Waals surface area contributed by atoms with Crippen LogP contribution in [0.25, 0.3) is 0 Å². The summed E-state index contributed by atoms with van der Waals surface area (Å²) in [7, 11) is -4.22. The van der Waals surface area contributed by atoms with Gasteiger partial charge in [0.1, 0.15) is 13.2 Å². The van der Waals surface area contributed by atoms with Crippen LogP contribution in [-0.4, -0.2) is 25.9 Å². The minimum atomic E-state index is -4.22. The van der Waals surface area contributed by atoms with Crippen molar-refractivity contribution in [2.24, 2.45) is 5.16 Å². The Morgan fingerprint density at radius 1 is 0.889 bits per heavy atom. The molecule has 0 aliphatic carbocycles. The van der Waals surface area contributed by atoms with Crippen molar-refractivity contribution in [1.82, 2.24) is 9.79 Å². The lowest BCUT2D eigenvalue weighted by molar-refractivity contribution is -0.0702. The maximum absolute atomic E-state index is 12.8. The first-order valence-corrected chi connectivity index (χ1v) is 13.1. The summed E-state index contributed by atoms with van der Waals surface area (Å²) < 4.78 is 27.3. The van der Waals surface area contributed by atoms with Gasteiger partial charge in [0.15, 0.2) is 6.34 Å². The molecule has 0 fully saturated rings. The van der Waals surface area contributed by atoms with Crippen LogP contribution >= 0.6 is 46.4 Å². The van der Waals surface area contributed by atoms with E-state index in [4.69, 9.17) is 56.1 Å². The molecule has 0 atom stereocenters. The van der Waals surface area contributed by atoms with Gasteiger partial charge in [-0.25, -0.2) is 17.9 Å². The Hall–Kier alpha value is -2.53. The Morgan fingerprint density at radius 2 is 1.39 bits per heavy atom. The number of urea groups is 1. The Morgan fingerprint density at radius 3 is 1.92 bits per heavy atom. The third-order valence-electron chi connectivity index (χ3n) is 4.66. The van der Waals surface area contributed by atoms with Gasteiger partial charge in [0.25, 0.3) is 10.0 Å². The molecular formula is C23H19Cl4N3O5S. The number of aryl methyl sites for hydroxylation is 1. The number of benzene rings is 3. The molecule has 0 heterocycles. The molecule has 0 bridgehead atoms. The third kappa shape index (κ3) is 7.49. The number of hydroxylamine groups is 2. The van der Waals surface area contributed by atoms with E-state index in [1.807, 2.05) is 4.72 Å². The molecule has 190 valence electrons. The van der Waals surface area contributed by atoms with E-state index in [-0.39, 0.29) is 28.2 Å². The topological polar surface area (TPSA) is 97.3 Å². The molecule has 0 unspecified atom stereocenters. The zero-order chi connectivity index (χ0) is 26.3. The number of amides is 2. The fourth-order valence-corrected chi connectivity index (χ4v) is 4.68. The van der Waals surface area contributed by atoms with Crippen LogP contribution in [0.4, 0.5) is 4.79 Å². The molecule has 0 spiro atoms. The van der Waals surface area contributed by atoms with Crippen LogP contribution in [-0.2, 0) is 32.9 Å². The van der Waals surface area contributed by atoms with Gasteiger partial charge in [-0.2, -0.15) is 5.06 Å². The second kappa shape index (κ2) is 12.6. The average molecular weight is 591 g/mol. The van der Waals surface area contributed by atoms with Gasteiger partial charge in [0, 0.05) is 31.2 Å². The number of rotatable bonds is 9. The van der Waals surface area contributed by atoms with Crippen molar-refractivity contribution >= 4 is 68.8 Å². The molecular weight excluding hydrogens is 572 g/mol. The van der Waals surface area contributed by atoms with E-state index in [2.05, 4.69) is 5.16 Å². The maximum atomic E-state index is 12.8. The van der Waals surface area contributed by atoms with Gasteiger partial charge in [-0.05, 0) is 43.3 Å². The minimum absolute atomic E-state index is 0.114. The van der Waals surface area contributed by atoms with Crippen molar-refractivity contribution < 1.29 is 22.9 Å². The molecule has 13 heteroatoms. The van der Waals surface area contributed by atoms with E-state index in [0.717, 1.165) is 11.9 Å². The van der Waals surface area contributed by atoms with E-state index >= 15 is 0 Å². The molecule has 36 heavy (non-hydrogen) atoms. The Labute approximate surface area is 228 Å². The molecule has 0 radical (unpaired) electrons. The highest BCUT2D eigenvalue weighted by atomic mass is 35.5. The largest absolute Gasteiger partial charge is 0.390 e. The summed E-state index contributed by atoms with van der Waals surface area (Å²) in [5.74, 6) is 0. The van der Waals surface area contributed by atoms with E-state index in [1.54, 1.807) is 55.5 Å². The lowest BCUT2D eigenvalue weighted by atomic mass is 10.2. The zero-order valence-corrected chi connectivity index (χ0v) is 22.5. The number of halogens is 4. The first-order valence-electron chi connectivity index (χ1n) is 10.2. The van der Waals surface area contributed by atoms with E-state index < -0.39 is 16.1 Å². The van der Waals surface area contributed by atoms with E-state index in [1.165, 1.54) is 12.1 Å². The molecule has 0 saturated heterocycles. The number of nitrogens with one attached hydrogen (secondary N) is 1. The van der Waals surface area contributed by atoms with Crippen molar-refractivity contribution in [2.75, 3.05) is 0 Å². The number of carbonyl (C=O) groups is 1. The van der Waals surface area contributed by atoms with Crippen LogP contribution in [0.1, 0.15) is 16.7 Å². The SMILES string of the molecule is Cc1ccc(S(=O)(=O)NC(=O)N(/C=N\OCc2c(Cl)cccc2Cl)OCc2c(Cl)cccc2Cl)cc1. The summed E-state index contributed by atoms with van der Waals surface area (Å²) in [6.07, 6.45) is 0.843. The molecule has 3 aromatic carbocycles. The molecule has 0 aliphatic heterocycles. The van der Waals surface area contributed by atoms with Crippen molar-refractivity contribution in [3.05, 3.63) is 97.4 Å². The van der Waals surface area contributed by atoms with Gasteiger partial charge in [0.05, 0.1) is 4.90 Å². The van der Waals surface area contributed by atoms with Crippen LogP contribution in [0.2, 0.25) is 20.1 Å². The number of carbonyl (C=O) groups excluding carboxylic acids is 1. The van der Waals surface area contributed by atoms with Crippen molar-refractivity contribution in [1.29, 1.82) is 0 Å². The van der Waals surface area contributed by atoms with Gasteiger partial charge in [-0.3, -0.25) is 4.84 Å². The summed E-state index contributed by atoms with van der Waals surface area (Å²) in [4.78, 5) is 23.4. The number of sulfonamides is 1. The second-order valence-electron chi connectivity index (χ2n) is 7.22. The standard InChI is InChI=1S/C23H19Cl4N3O5S/c1-15-8-10-16(11-9-15)36(32,33)29-23(31)30(35-13-18-21(26)6-3-7-22(18)27)14-28-34-12-17-19(24)4-2-5-20(17)25/h2-11,14H,12-13H2,1H3,(H,29,31)/b28-14-. The molecule has 3 rings (SSSR count). The number of oxime groups is 1. The van der Waals surface area contributed by atoms with Gasteiger partial charge >= 0.3 is 6.03 Å². The van der Waals surface area contributed by atoms with Crippen LogP contribution < -0.4 is 4.72 Å². The minimum Gasteiger partial charge on any atom is -0.390 e. The first kappa shape index (κ1) is 28.0. The van der Waals surface area contributed by atoms with E-state index in [0.29, 0.717) is 26.2 Å². The van der Waals surface area contributed by atoms with Crippen LogP contribution in [0.3, 0.4) is 0 Å². The van der Waals surface area contributed by atoms with Gasteiger partial charge < -0.3 is 4.84 Å². The number of hydrogen-bond donors (Lipinski definition) is 1. The van der Waals surface area contributed by atoms with E-state index in [9.17, 15) is 13.2 Å². The highest BCUT2D eigenvalue weighted by Crippen LogP contribution is 2.26. The van der Waals surface area contributed by atoms with Gasteiger partial charge in [0.2, 0.25) is 0 Å². The van der Waals surface area contributed by atoms with Crippen LogP contribution in [0, 0.1) is 6.92 Å². The Kier molecular flexibility index (Phi) is 9.84. The molecule has 0 saturated carbocycles. The molecule has 0 aromatic heterocycles. The van der Waals surface area contributed by atoms with Gasteiger partial charge in [-0.1, -0.05) is 81.4 Å². The lowest BCUT2D eigenvalue weighted by Gasteiger charge is -2.18. The average Bonchev–Trinajstić information content (AvgIpc) is 2.81. The van der Waals surface area contributed by atoms with Crippen molar-refractivity contribution in [3.63, 3.8) is 0 Å². The zero-order valence-electron chi connectivity index (χ0n) is 18.6. The molecule has 8 nitrogen and oxygen atoms in total. The van der Waals surface area contributed by atoms with Crippen molar-refractivity contribution in [2.45, 2.75) is 25.0 Å². The summed E-state index contributed by atoms with van der Waals surface area (Å²) in [5, 5.41) is 5.52. The molecule has 0 aliphatic rings. The maximum Gasteiger partial charge on any atom is 0.361 e. The first-order chi connectivity index (χ1) is 17.1. The summed E-state index contributed by atoms with van der Waals surface area (Å²) in [6, 6.07) is 14.5. The highest BCUT2D eigenvalue weighted by Gasteiger charge is 2.23. The fourth-order valence-electron chi connectivity index (χ4n) is 2.73. The third-order valence-corrected chi connectivity index (χ3v) is 7.41. The monoisotopic (exact) mass is 589 g/mol. The number of hydrogen-bond acceptors (Lipinski definition) is 6. The summed E-state index contributed by atoms with van der Waals surface area (Å²) >= 11 is 24.5. The van der Waals surface area contributed by atoms with Crippen LogP contribution in [0.5, 0.6) is 0 Å². The predicted octanol–water partition coefficient (Wildman–Crippen LogP) is 6.60. The van der Waals surface area contributed by atoms with Gasteiger partial charge in [-0.15, -0.1) is 0 Å². The fraction of sp³-hybridized carbons (Fsp3) is 0.130. The Bertz CT molecular complexity index is 1330. The summed E-state index contributed by atoms with van der Waals surface area (Å²) in [5.41, 5.74) is 1.70. The number of nitrogens with zero attached hydrogens (tertiary/aromatic N) is 2. The summed E-state index contributed by atoms with van der Waals surface area (Å²) in [6.45, 7) is 1.40. The second-order valence-corrected chi connectivity index (χ2v) is 10.5. The Balaban J connectivity index is 1.77. The predicted molar refractivity (Wildman–Crippen MR) is 140 cm³/mol. The van der Waals surface area contributed by atoms with Crippen molar-refractivity contribution in [3.8, 4) is 0 Å².